The van der Waals surface area contributed by atoms with Crippen molar-refractivity contribution in [1.82, 2.24) is 0 Å². The van der Waals surface area contributed by atoms with Gasteiger partial charge in [-0.05, 0) is 41.5 Å². The molecule has 0 radical (unpaired) electrons. The standard InChI is InChI=1S/C58H92O18/c1-29-17-15-19-31(3)55(35(7)51(63)37(9)57(67)27-45(33(5)39(11)75-57)71-49-25-43(59)53(65)41(13)69-49)74-48(62)24-22-30(2)18-16-20-32(4)56(73-47(61)23-21-29)36(8)52(64)38(10)58(68)28-46(34(6)40(12)76-58)72-50-26-44(60)54(66)42(14)70-50/h15-24,31-46,49-56,59-60,63-68H,25-28H2,1-14H3/t31-,32-,33+,34+,35-,36-,37-,38-,39+,40+,41-,42-,43-,44-,45+,46+,49-,50-,51+,52+,53+,54+,55-,56-,57+,58+/m0/s1. The van der Waals surface area contributed by atoms with Gasteiger partial charge in [0.25, 0.3) is 0 Å². The van der Waals surface area contributed by atoms with Gasteiger partial charge in [0.2, 0.25) is 0 Å². The van der Waals surface area contributed by atoms with Crippen LogP contribution in [0.1, 0.15) is 123 Å². The van der Waals surface area contributed by atoms with Gasteiger partial charge in [-0.2, -0.15) is 0 Å². The first-order valence-corrected chi connectivity index (χ1v) is 27.4. The molecular formula is C58H92O18. The Morgan fingerprint density at radius 1 is 0.553 bits per heavy atom. The zero-order valence-corrected chi connectivity index (χ0v) is 47.1. The summed E-state index contributed by atoms with van der Waals surface area (Å²) in [5.74, 6) is -9.71. The predicted octanol–water partition coefficient (Wildman–Crippen LogP) is 5.23. The normalized spacial score (nSPS) is 43.1. The predicted molar refractivity (Wildman–Crippen MR) is 281 cm³/mol. The monoisotopic (exact) mass is 1080 g/mol. The highest BCUT2D eigenvalue weighted by molar-refractivity contribution is 5.83. The van der Waals surface area contributed by atoms with Gasteiger partial charge < -0.3 is 78.7 Å². The second-order valence-electron chi connectivity index (χ2n) is 23.0. The van der Waals surface area contributed by atoms with E-state index in [1.54, 1.807) is 91.8 Å². The Morgan fingerprint density at radius 2 is 0.895 bits per heavy atom. The number of aliphatic hydroxyl groups excluding tert-OH is 6. The van der Waals surface area contributed by atoms with Crippen LogP contribution in [-0.2, 0) is 47.5 Å². The van der Waals surface area contributed by atoms with Gasteiger partial charge in [-0.3, -0.25) is 0 Å². The number of ether oxygens (including phenoxy) is 8. The van der Waals surface area contributed by atoms with E-state index >= 15 is 0 Å². The lowest BCUT2D eigenvalue weighted by Gasteiger charge is -2.49. The van der Waals surface area contributed by atoms with E-state index in [1.165, 1.54) is 12.2 Å². The summed E-state index contributed by atoms with van der Waals surface area (Å²) in [6, 6.07) is 0. The van der Waals surface area contributed by atoms with Crippen molar-refractivity contribution >= 4 is 11.9 Å². The molecule has 76 heavy (non-hydrogen) atoms. The van der Waals surface area contributed by atoms with E-state index in [2.05, 4.69) is 0 Å². The van der Waals surface area contributed by atoms with Gasteiger partial charge in [0.15, 0.2) is 24.2 Å². The van der Waals surface area contributed by atoms with Gasteiger partial charge in [-0.15, -0.1) is 0 Å². The first-order valence-electron chi connectivity index (χ1n) is 27.4. The molecule has 26 atom stereocenters. The Kier molecular flexibility index (Phi) is 22.9. The summed E-state index contributed by atoms with van der Waals surface area (Å²) < 4.78 is 49.0. The summed E-state index contributed by atoms with van der Waals surface area (Å²) in [6.07, 6.45) is 2.79. The van der Waals surface area contributed by atoms with Crippen LogP contribution in [0.15, 0.2) is 71.9 Å². The number of esters is 2. The summed E-state index contributed by atoms with van der Waals surface area (Å²) in [5.41, 5.74) is 1.34. The molecule has 5 heterocycles. The van der Waals surface area contributed by atoms with E-state index in [9.17, 15) is 50.4 Å². The molecule has 18 nitrogen and oxygen atoms in total. The number of hydrogen-bond acceptors (Lipinski definition) is 18. The van der Waals surface area contributed by atoms with Crippen LogP contribution >= 0.6 is 0 Å². The topological polar surface area (TPSA) is 270 Å². The third-order valence-corrected chi connectivity index (χ3v) is 17.0. The molecule has 432 valence electrons. The van der Waals surface area contributed by atoms with Gasteiger partial charge in [0, 0.05) is 85.2 Å². The van der Waals surface area contributed by atoms with Crippen LogP contribution in [0.3, 0.4) is 0 Å². The highest BCUT2D eigenvalue weighted by atomic mass is 16.7. The fraction of sp³-hybridized carbons (Fsp3) is 0.759. The lowest BCUT2D eigenvalue weighted by atomic mass is 9.76. The molecule has 4 saturated heterocycles. The number of aliphatic hydroxyl groups is 8. The number of carbonyl (C=O) groups excluding carboxylic acids is 2. The van der Waals surface area contributed by atoms with Crippen LogP contribution in [0.5, 0.6) is 0 Å². The van der Waals surface area contributed by atoms with Crippen molar-refractivity contribution in [2.75, 3.05) is 0 Å². The fourth-order valence-corrected chi connectivity index (χ4v) is 11.1. The second kappa shape index (κ2) is 27.3. The van der Waals surface area contributed by atoms with Gasteiger partial charge in [0.1, 0.15) is 24.4 Å². The van der Waals surface area contributed by atoms with Gasteiger partial charge in [0.05, 0.1) is 61.0 Å². The van der Waals surface area contributed by atoms with E-state index in [0.717, 1.165) is 0 Å². The molecule has 0 bridgehead atoms. The fourth-order valence-electron chi connectivity index (χ4n) is 11.1. The molecular weight excluding hydrogens is 985 g/mol. The van der Waals surface area contributed by atoms with Crippen LogP contribution in [0.2, 0.25) is 0 Å². The summed E-state index contributed by atoms with van der Waals surface area (Å²) in [4.78, 5) is 27.3. The van der Waals surface area contributed by atoms with Crippen molar-refractivity contribution in [1.29, 1.82) is 0 Å². The van der Waals surface area contributed by atoms with Gasteiger partial charge >= 0.3 is 11.9 Å². The Labute approximate surface area is 450 Å². The van der Waals surface area contributed by atoms with Crippen molar-refractivity contribution in [2.45, 2.75) is 232 Å². The average Bonchev–Trinajstić information content (AvgIpc) is 3.35. The Morgan fingerprint density at radius 3 is 1.22 bits per heavy atom. The largest absolute Gasteiger partial charge is 0.458 e. The minimum absolute atomic E-state index is 0.0297. The highest BCUT2D eigenvalue weighted by Crippen LogP contribution is 2.44. The van der Waals surface area contributed by atoms with Crippen molar-refractivity contribution in [2.24, 2.45) is 47.3 Å². The van der Waals surface area contributed by atoms with Crippen LogP contribution < -0.4 is 0 Å². The summed E-state index contributed by atoms with van der Waals surface area (Å²) in [6.45, 7) is 24.9. The molecule has 5 rings (SSSR count). The zero-order valence-electron chi connectivity index (χ0n) is 47.1. The van der Waals surface area contributed by atoms with Crippen LogP contribution in [0, 0.1) is 47.3 Å². The van der Waals surface area contributed by atoms with E-state index < -0.39 is 157 Å². The van der Waals surface area contributed by atoms with E-state index in [0.29, 0.717) is 11.1 Å². The molecule has 0 aliphatic carbocycles. The molecule has 0 amide bonds. The molecule has 8 N–H and O–H groups in total. The molecule has 18 heteroatoms. The molecule has 4 fully saturated rings. The van der Waals surface area contributed by atoms with Crippen molar-refractivity contribution < 1.29 is 88.3 Å². The molecule has 0 aromatic heterocycles. The number of cyclic esters (lactones) is 2. The summed E-state index contributed by atoms with van der Waals surface area (Å²) in [7, 11) is 0. The molecule has 0 saturated carbocycles. The average molecular weight is 1080 g/mol. The van der Waals surface area contributed by atoms with E-state index in [4.69, 9.17) is 37.9 Å². The number of carbonyl (C=O) groups is 2. The van der Waals surface area contributed by atoms with Crippen LogP contribution in [0.4, 0.5) is 0 Å². The van der Waals surface area contributed by atoms with Crippen molar-refractivity contribution in [3.63, 3.8) is 0 Å². The lowest BCUT2D eigenvalue weighted by Crippen LogP contribution is -2.59. The smallest absolute Gasteiger partial charge is 0.331 e. The first kappa shape index (κ1) is 63.6. The molecule has 0 aromatic rings. The summed E-state index contributed by atoms with van der Waals surface area (Å²) >= 11 is 0. The van der Waals surface area contributed by atoms with Gasteiger partial charge in [-0.25, -0.2) is 9.59 Å². The molecule has 0 unspecified atom stereocenters. The molecule has 0 spiro atoms. The SMILES string of the molecule is CC1=CC=C[C@H](C)[C@@H]([C@@H](C)[C@@H](O)[C@H](C)[C@@]2(O)C[C@@H](O[C@H]3C[C@H](O)[C@H](O)[C@H](C)O3)[C@H](C)[C@@H](C)O2)OC(=O)C=CC(C)=CC=C[C@H](C)[C@@H]([C@@H](C)[C@@H](O)[C@H](C)[C@@]2(O)C[C@@H](O[C@H]3C[C@H](O)[C@H](O)[C@H](C)O3)[C@H](C)[C@@H](C)O2)OC(=O)C=C1. The minimum atomic E-state index is -1.87. The molecule has 5 aliphatic rings. The maximum absolute atomic E-state index is 13.6. The van der Waals surface area contributed by atoms with Crippen LogP contribution in [-0.4, -0.2) is 162 Å². The second-order valence-corrected chi connectivity index (χ2v) is 23.0. The highest BCUT2D eigenvalue weighted by Gasteiger charge is 2.53. The van der Waals surface area contributed by atoms with Gasteiger partial charge in [-0.1, -0.05) is 115 Å². The van der Waals surface area contributed by atoms with Crippen molar-refractivity contribution in [3.05, 3.63) is 71.9 Å². The van der Waals surface area contributed by atoms with Crippen LogP contribution in [0.25, 0.3) is 0 Å². The molecule has 5 aliphatic heterocycles. The Balaban J connectivity index is 1.32. The minimum Gasteiger partial charge on any atom is -0.458 e. The van der Waals surface area contributed by atoms with E-state index in [1.807, 2.05) is 53.7 Å². The number of rotatable bonds is 12. The number of hydrogen-bond donors (Lipinski definition) is 8. The number of allylic oxidation sites excluding steroid dienone is 8. The lowest BCUT2D eigenvalue weighted by molar-refractivity contribution is -0.343. The third-order valence-electron chi connectivity index (χ3n) is 17.0. The molecule has 0 aromatic carbocycles. The van der Waals surface area contributed by atoms with Crippen molar-refractivity contribution in [3.8, 4) is 0 Å². The Bertz CT molecular complexity index is 1920. The zero-order chi connectivity index (χ0) is 56.7. The third kappa shape index (κ3) is 16.0. The Hall–Kier alpha value is -3.18. The quantitative estimate of drug-likeness (QED) is 0.116. The maximum Gasteiger partial charge on any atom is 0.331 e. The summed E-state index contributed by atoms with van der Waals surface area (Å²) in [5, 5.41) is 89.6. The maximum atomic E-state index is 13.6. The first-order chi connectivity index (χ1) is 35.5. The van der Waals surface area contributed by atoms with E-state index in [-0.39, 0.29) is 37.5 Å².